The van der Waals surface area contributed by atoms with Gasteiger partial charge in [0, 0.05) is 6.54 Å². The van der Waals surface area contributed by atoms with E-state index in [2.05, 4.69) is 10.3 Å². The number of rotatable bonds is 4. The Bertz CT molecular complexity index is 294. The summed E-state index contributed by atoms with van der Waals surface area (Å²) in [6.07, 6.45) is 3.33. The monoisotopic (exact) mass is 182 g/mol. The fourth-order valence-corrected chi connectivity index (χ4v) is 1.27. The average molecular weight is 182 g/mol. The van der Waals surface area contributed by atoms with E-state index < -0.39 is 11.9 Å². The molecule has 72 valence electrons. The Morgan fingerprint density at radius 2 is 2.54 bits per heavy atom. The second-order valence-corrected chi connectivity index (χ2v) is 2.73. The number of aryl methyl sites for hydroxylation is 1. The van der Waals surface area contributed by atoms with Crippen molar-refractivity contribution in [2.24, 2.45) is 5.73 Å². The Balaban J connectivity index is 2.96. The standard InChI is InChI=1S/C8H14N4O/c1-3-12-5-11-4-6(12)7(10-2)8(9)13/h4-5,7,10H,3H2,1-2H3,(H2,9,13). The van der Waals surface area contributed by atoms with Crippen LogP contribution in [-0.4, -0.2) is 22.5 Å². The predicted molar refractivity (Wildman–Crippen MR) is 48.9 cm³/mol. The number of carbonyl (C=O) groups excluding carboxylic acids is 1. The molecule has 0 fully saturated rings. The lowest BCUT2D eigenvalue weighted by Crippen LogP contribution is -2.32. The normalized spacial score (nSPS) is 12.8. The van der Waals surface area contributed by atoms with Gasteiger partial charge in [0.2, 0.25) is 5.91 Å². The highest BCUT2D eigenvalue weighted by atomic mass is 16.1. The topological polar surface area (TPSA) is 72.9 Å². The van der Waals surface area contributed by atoms with Crippen molar-refractivity contribution in [3.63, 3.8) is 0 Å². The quantitative estimate of drug-likeness (QED) is 0.668. The van der Waals surface area contributed by atoms with Crippen LogP contribution < -0.4 is 11.1 Å². The largest absolute Gasteiger partial charge is 0.368 e. The van der Waals surface area contributed by atoms with Gasteiger partial charge in [-0.3, -0.25) is 4.79 Å². The number of hydrogen-bond donors (Lipinski definition) is 2. The number of hydrogen-bond acceptors (Lipinski definition) is 3. The molecule has 1 heterocycles. The first-order valence-electron chi connectivity index (χ1n) is 4.17. The van der Waals surface area contributed by atoms with E-state index in [1.54, 1.807) is 19.6 Å². The van der Waals surface area contributed by atoms with Crippen molar-refractivity contribution in [2.45, 2.75) is 19.5 Å². The van der Waals surface area contributed by atoms with Crippen molar-refractivity contribution in [1.29, 1.82) is 0 Å². The molecule has 0 saturated heterocycles. The van der Waals surface area contributed by atoms with Crippen molar-refractivity contribution in [2.75, 3.05) is 7.05 Å². The Labute approximate surface area is 76.9 Å². The molecule has 3 N–H and O–H groups in total. The molecular formula is C8H14N4O. The maximum absolute atomic E-state index is 11.0. The van der Waals surface area contributed by atoms with Crippen LogP contribution >= 0.6 is 0 Å². The number of nitrogens with one attached hydrogen (secondary N) is 1. The van der Waals surface area contributed by atoms with E-state index >= 15 is 0 Å². The van der Waals surface area contributed by atoms with E-state index in [1.165, 1.54) is 0 Å². The van der Waals surface area contributed by atoms with Crippen LogP contribution in [0, 0.1) is 0 Å². The van der Waals surface area contributed by atoms with E-state index in [4.69, 9.17) is 5.73 Å². The molecule has 0 aromatic carbocycles. The fourth-order valence-electron chi connectivity index (χ4n) is 1.27. The van der Waals surface area contributed by atoms with E-state index in [-0.39, 0.29) is 0 Å². The second-order valence-electron chi connectivity index (χ2n) is 2.73. The van der Waals surface area contributed by atoms with Crippen molar-refractivity contribution in [3.05, 3.63) is 18.2 Å². The van der Waals surface area contributed by atoms with Gasteiger partial charge in [-0.25, -0.2) is 4.98 Å². The molecule has 1 atom stereocenters. The van der Waals surface area contributed by atoms with E-state index in [0.717, 1.165) is 12.2 Å². The van der Waals surface area contributed by atoms with Crippen LogP contribution in [-0.2, 0) is 11.3 Å². The maximum Gasteiger partial charge on any atom is 0.240 e. The molecule has 0 bridgehead atoms. The number of carbonyl (C=O) groups is 1. The SMILES string of the molecule is CCn1cncc1C(NC)C(N)=O. The Morgan fingerprint density at radius 1 is 1.85 bits per heavy atom. The van der Waals surface area contributed by atoms with Crippen LogP contribution in [0.2, 0.25) is 0 Å². The van der Waals surface area contributed by atoms with Gasteiger partial charge in [0.1, 0.15) is 6.04 Å². The van der Waals surface area contributed by atoms with Crippen molar-refractivity contribution < 1.29 is 4.79 Å². The van der Waals surface area contributed by atoms with E-state index in [9.17, 15) is 4.79 Å². The predicted octanol–water partition coefficient (Wildman–Crippen LogP) is -0.351. The minimum Gasteiger partial charge on any atom is -0.368 e. The van der Waals surface area contributed by atoms with Crippen LogP contribution in [0.5, 0.6) is 0 Å². The third-order valence-corrected chi connectivity index (χ3v) is 1.95. The van der Waals surface area contributed by atoms with Gasteiger partial charge in [0.05, 0.1) is 18.2 Å². The molecule has 5 nitrogen and oxygen atoms in total. The zero-order valence-corrected chi connectivity index (χ0v) is 7.82. The molecule has 1 unspecified atom stereocenters. The van der Waals surface area contributed by atoms with Crippen LogP contribution in [0.3, 0.4) is 0 Å². The smallest absolute Gasteiger partial charge is 0.240 e. The van der Waals surface area contributed by atoms with Crippen LogP contribution in [0.1, 0.15) is 18.7 Å². The number of nitrogens with zero attached hydrogens (tertiary/aromatic N) is 2. The van der Waals surface area contributed by atoms with Crippen LogP contribution in [0.25, 0.3) is 0 Å². The minimum atomic E-state index is -0.456. The molecule has 1 rings (SSSR count). The zero-order valence-electron chi connectivity index (χ0n) is 7.82. The summed E-state index contributed by atoms with van der Waals surface area (Å²) < 4.78 is 1.88. The Morgan fingerprint density at radius 3 is 3.00 bits per heavy atom. The van der Waals surface area contributed by atoms with Crippen molar-refractivity contribution >= 4 is 5.91 Å². The Kier molecular flexibility index (Phi) is 3.02. The van der Waals surface area contributed by atoms with Gasteiger partial charge in [-0.05, 0) is 14.0 Å². The Hall–Kier alpha value is -1.36. The summed E-state index contributed by atoms with van der Waals surface area (Å²) in [4.78, 5) is 15.0. The van der Waals surface area contributed by atoms with Gasteiger partial charge in [-0.1, -0.05) is 0 Å². The van der Waals surface area contributed by atoms with Gasteiger partial charge in [0.25, 0.3) is 0 Å². The lowest BCUT2D eigenvalue weighted by atomic mass is 10.2. The summed E-state index contributed by atoms with van der Waals surface area (Å²) in [7, 11) is 1.70. The summed E-state index contributed by atoms with van der Waals surface area (Å²) in [6, 6.07) is -0.456. The first kappa shape index (κ1) is 9.73. The van der Waals surface area contributed by atoms with Gasteiger partial charge in [-0.2, -0.15) is 0 Å². The third kappa shape index (κ3) is 1.86. The summed E-state index contributed by atoms with van der Waals surface area (Å²) in [5.74, 6) is -0.391. The molecule has 0 aliphatic heterocycles. The molecule has 1 amide bonds. The molecule has 0 aliphatic carbocycles. The molecular weight excluding hydrogens is 168 g/mol. The summed E-state index contributed by atoms with van der Waals surface area (Å²) in [5.41, 5.74) is 6.02. The number of imidazole rings is 1. The number of aromatic nitrogens is 2. The lowest BCUT2D eigenvalue weighted by Gasteiger charge is -2.13. The molecule has 0 saturated carbocycles. The number of nitrogens with two attached hydrogens (primary N) is 1. The average Bonchev–Trinajstić information content (AvgIpc) is 2.53. The first-order valence-corrected chi connectivity index (χ1v) is 4.17. The molecule has 0 spiro atoms. The first-order chi connectivity index (χ1) is 6.20. The molecule has 0 aliphatic rings. The molecule has 0 radical (unpaired) electrons. The fraction of sp³-hybridized carbons (Fsp3) is 0.500. The number of likely N-dealkylation sites (N-methyl/N-ethyl adjacent to an activating group) is 1. The molecule has 5 heteroatoms. The third-order valence-electron chi connectivity index (χ3n) is 1.95. The summed E-state index contributed by atoms with van der Waals surface area (Å²) in [5, 5.41) is 2.84. The van der Waals surface area contributed by atoms with Gasteiger partial charge < -0.3 is 15.6 Å². The molecule has 13 heavy (non-hydrogen) atoms. The van der Waals surface area contributed by atoms with Crippen LogP contribution in [0.15, 0.2) is 12.5 Å². The van der Waals surface area contributed by atoms with Gasteiger partial charge in [0.15, 0.2) is 0 Å². The summed E-state index contributed by atoms with van der Waals surface area (Å²) in [6.45, 7) is 2.76. The molecule has 1 aromatic heterocycles. The van der Waals surface area contributed by atoms with Gasteiger partial charge in [-0.15, -0.1) is 0 Å². The van der Waals surface area contributed by atoms with Crippen molar-refractivity contribution in [3.8, 4) is 0 Å². The lowest BCUT2D eigenvalue weighted by molar-refractivity contribution is -0.120. The highest BCUT2D eigenvalue weighted by Gasteiger charge is 2.18. The number of amides is 1. The van der Waals surface area contributed by atoms with E-state index in [0.29, 0.717) is 0 Å². The minimum absolute atomic E-state index is 0.391. The zero-order chi connectivity index (χ0) is 9.84. The van der Waals surface area contributed by atoms with Crippen molar-refractivity contribution in [1.82, 2.24) is 14.9 Å². The highest BCUT2D eigenvalue weighted by Crippen LogP contribution is 2.10. The molecule has 1 aromatic rings. The second kappa shape index (κ2) is 4.04. The maximum atomic E-state index is 11.0. The van der Waals surface area contributed by atoms with Crippen LogP contribution in [0.4, 0.5) is 0 Å². The van der Waals surface area contributed by atoms with Gasteiger partial charge >= 0.3 is 0 Å². The van der Waals surface area contributed by atoms with E-state index in [1.807, 2.05) is 11.5 Å². The highest BCUT2D eigenvalue weighted by molar-refractivity contribution is 5.80. The number of primary amides is 1. The summed E-state index contributed by atoms with van der Waals surface area (Å²) >= 11 is 0.